The first-order valence-electron chi connectivity index (χ1n) is 12.9. The molecule has 1 amide bonds. The van der Waals surface area contributed by atoms with E-state index in [9.17, 15) is 14.4 Å². The van der Waals surface area contributed by atoms with Crippen molar-refractivity contribution in [3.8, 4) is 0 Å². The lowest BCUT2D eigenvalue weighted by molar-refractivity contribution is -0.274. The van der Waals surface area contributed by atoms with Crippen LogP contribution in [0.1, 0.15) is 79.6 Å². The van der Waals surface area contributed by atoms with Crippen LogP contribution in [-0.2, 0) is 28.6 Å². The SMILES string of the molecule is CCOC(=O)[C@H]1CC[C@H](OC(C(=O)OC(C)(C)C)(N2CCCC2)N2CC[C@H](NC(C)=O)C2)CC1. The van der Waals surface area contributed by atoms with Gasteiger partial charge in [0.25, 0.3) is 5.85 Å². The van der Waals surface area contributed by atoms with E-state index in [4.69, 9.17) is 14.2 Å². The normalized spacial score (nSPS) is 28.3. The highest BCUT2D eigenvalue weighted by atomic mass is 16.6. The van der Waals surface area contributed by atoms with Crippen LogP contribution in [0.5, 0.6) is 0 Å². The maximum Gasteiger partial charge on any atom is 0.371 e. The zero-order chi connectivity index (χ0) is 24.9. The summed E-state index contributed by atoms with van der Waals surface area (Å²) in [7, 11) is 0. The molecule has 34 heavy (non-hydrogen) atoms. The quantitative estimate of drug-likeness (QED) is 0.528. The van der Waals surface area contributed by atoms with Crippen LogP contribution in [0.2, 0.25) is 0 Å². The lowest BCUT2D eigenvalue weighted by Gasteiger charge is -2.48. The lowest BCUT2D eigenvalue weighted by atomic mass is 9.87. The highest BCUT2D eigenvalue weighted by Gasteiger charge is 2.56. The van der Waals surface area contributed by atoms with Gasteiger partial charge in [-0.2, -0.15) is 0 Å². The predicted molar refractivity (Wildman–Crippen MR) is 127 cm³/mol. The fourth-order valence-corrected chi connectivity index (χ4v) is 5.37. The third kappa shape index (κ3) is 6.49. The summed E-state index contributed by atoms with van der Waals surface area (Å²) < 4.78 is 18.0. The van der Waals surface area contributed by atoms with Gasteiger partial charge < -0.3 is 19.5 Å². The van der Waals surface area contributed by atoms with Crippen LogP contribution in [0.25, 0.3) is 0 Å². The van der Waals surface area contributed by atoms with Gasteiger partial charge in [0.1, 0.15) is 5.60 Å². The largest absolute Gasteiger partial charge is 0.466 e. The highest BCUT2D eigenvalue weighted by Crippen LogP contribution is 2.37. The van der Waals surface area contributed by atoms with Gasteiger partial charge >= 0.3 is 11.9 Å². The first-order valence-corrected chi connectivity index (χ1v) is 12.9. The molecule has 3 rings (SSSR count). The molecular formula is C25H43N3O6. The smallest absolute Gasteiger partial charge is 0.371 e. The van der Waals surface area contributed by atoms with Gasteiger partial charge in [-0.25, -0.2) is 4.79 Å². The van der Waals surface area contributed by atoms with Gasteiger partial charge in [-0.15, -0.1) is 0 Å². The Morgan fingerprint density at radius 2 is 1.59 bits per heavy atom. The average Bonchev–Trinajstić information content (AvgIpc) is 3.44. The van der Waals surface area contributed by atoms with E-state index in [0.29, 0.717) is 45.4 Å². The molecule has 9 nitrogen and oxygen atoms in total. The first kappa shape index (κ1) is 26.9. The van der Waals surface area contributed by atoms with Crippen molar-refractivity contribution in [3.05, 3.63) is 0 Å². The molecule has 2 atom stereocenters. The number of rotatable bonds is 8. The minimum Gasteiger partial charge on any atom is -0.466 e. The summed E-state index contributed by atoms with van der Waals surface area (Å²) >= 11 is 0. The molecule has 0 spiro atoms. The topological polar surface area (TPSA) is 97.4 Å². The van der Waals surface area contributed by atoms with E-state index in [1.807, 2.05) is 27.7 Å². The Bertz CT molecular complexity index is 725. The van der Waals surface area contributed by atoms with Crippen molar-refractivity contribution in [2.45, 2.75) is 103 Å². The van der Waals surface area contributed by atoms with Crippen molar-refractivity contribution >= 4 is 17.8 Å². The number of amides is 1. The Hall–Kier alpha value is -1.71. The van der Waals surface area contributed by atoms with Crippen molar-refractivity contribution < 1.29 is 28.6 Å². The molecule has 1 saturated carbocycles. The number of hydrogen-bond donors (Lipinski definition) is 1. The van der Waals surface area contributed by atoms with E-state index in [1.54, 1.807) is 0 Å². The van der Waals surface area contributed by atoms with E-state index in [-0.39, 0.29) is 29.9 Å². The lowest BCUT2D eigenvalue weighted by Crippen LogP contribution is -2.68. The second-order valence-corrected chi connectivity index (χ2v) is 10.8. The number of carbonyl (C=O) groups excluding carboxylic acids is 3. The molecule has 2 saturated heterocycles. The molecular weight excluding hydrogens is 438 g/mol. The number of esters is 2. The van der Waals surface area contributed by atoms with Crippen LogP contribution in [0.3, 0.4) is 0 Å². The molecule has 0 radical (unpaired) electrons. The molecule has 1 aliphatic carbocycles. The van der Waals surface area contributed by atoms with Crippen molar-refractivity contribution in [1.82, 2.24) is 15.1 Å². The molecule has 2 heterocycles. The summed E-state index contributed by atoms with van der Waals surface area (Å²) in [5.74, 6) is -2.06. The number of hydrogen-bond acceptors (Lipinski definition) is 8. The molecule has 0 aromatic rings. The van der Waals surface area contributed by atoms with Gasteiger partial charge in [0.15, 0.2) is 0 Å². The summed E-state index contributed by atoms with van der Waals surface area (Å²) in [5.41, 5.74) is -0.663. The molecule has 194 valence electrons. The van der Waals surface area contributed by atoms with E-state index in [2.05, 4.69) is 15.1 Å². The van der Waals surface area contributed by atoms with Gasteiger partial charge in [0.2, 0.25) is 5.91 Å². The maximum atomic E-state index is 13.9. The maximum absolute atomic E-state index is 13.9. The van der Waals surface area contributed by atoms with Gasteiger partial charge in [0.05, 0.1) is 18.6 Å². The molecule has 3 fully saturated rings. The monoisotopic (exact) mass is 481 g/mol. The van der Waals surface area contributed by atoms with Crippen LogP contribution in [-0.4, -0.2) is 84.0 Å². The standard InChI is InChI=1S/C25H43N3O6/c1-6-32-22(30)19-9-11-21(12-10-19)33-25(27-14-7-8-15-27,23(31)34-24(3,4)5)28-16-13-20(17-28)26-18(2)29/h19-21H,6-17H2,1-5H3,(H,26,29)/t19-,20-,21-,25?/m0/s1. The summed E-state index contributed by atoms with van der Waals surface area (Å²) in [6.07, 6.45) is 5.30. The van der Waals surface area contributed by atoms with Crippen LogP contribution in [0.15, 0.2) is 0 Å². The first-order chi connectivity index (χ1) is 16.0. The molecule has 1 N–H and O–H groups in total. The highest BCUT2D eigenvalue weighted by molar-refractivity contribution is 5.79. The second kappa shape index (κ2) is 11.4. The van der Waals surface area contributed by atoms with Gasteiger partial charge in [0, 0.05) is 39.1 Å². The minimum absolute atomic E-state index is 0.0370. The summed E-state index contributed by atoms with van der Waals surface area (Å²) in [5, 5.41) is 3.00. The summed E-state index contributed by atoms with van der Waals surface area (Å²) in [6, 6.07) is -0.0370. The average molecular weight is 482 g/mol. The van der Waals surface area contributed by atoms with E-state index < -0.39 is 17.4 Å². The Morgan fingerprint density at radius 3 is 2.15 bits per heavy atom. The van der Waals surface area contributed by atoms with Crippen molar-refractivity contribution in [2.24, 2.45) is 5.92 Å². The van der Waals surface area contributed by atoms with Crippen molar-refractivity contribution in [2.75, 3.05) is 32.8 Å². The van der Waals surface area contributed by atoms with Crippen LogP contribution >= 0.6 is 0 Å². The Labute approximate surface area is 203 Å². The Morgan fingerprint density at radius 1 is 0.941 bits per heavy atom. The van der Waals surface area contributed by atoms with E-state index in [1.165, 1.54) is 6.92 Å². The number of nitrogens with zero attached hydrogens (tertiary/aromatic N) is 2. The van der Waals surface area contributed by atoms with Gasteiger partial charge in [-0.3, -0.25) is 19.4 Å². The fourth-order valence-electron chi connectivity index (χ4n) is 5.37. The number of carbonyl (C=O) groups is 3. The van der Waals surface area contributed by atoms with E-state index >= 15 is 0 Å². The van der Waals surface area contributed by atoms with Crippen LogP contribution in [0, 0.1) is 5.92 Å². The Kier molecular flexibility index (Phi) is 8.98. The van der Waals surface area contributed by atoms with Gasteiger partial charge in [-0.1, -0.05) is 0 Å². The van der Waals surface area contributed by atoms with E-state index in [0.717, 1.165) is 32.4 Å². The fraction of sp³-hybridized carbons (Fsp3) is 0.880. The van der Waals surface area contributed by atoms with Crippen LogP contribution < -0.4 is 5.32 Å². The molecule has 0 aromatic heterocycles. The zero-order valence-corrected chi connectivity index (χ0v) is 21.6. The van der Waals surface area contributed by atoms with Crippen LogP contribution in [0.4, 0.5) is 0 Å². The minimum atomic E-state index is -1.33. The third-order valence-electron chi connectivity index (χ3n) is 6.85. The summed E-state index contributed by atoms with van der Waals surface area (Å²) in [4.78, 5) is 42.0. The zero-order valence-electron chi connectivity index (χ0n) is 21.6. The number of likely N-dealkylation sites (tertiary alicyclic amines) is 2. The molecule has 1 unspecified atom stereocenters. The molecule has 2 aliphatic heterocycles. The molecule has 0 aromatic carbocycles. The predicted octanol–water partition coefficient (Wildman–Crippen LogP) is 2.43. The van der Waals surface area contributed by atoms with Crippen molar-refractivity contribution in [1.29, 1.82) is 0 Å². The summed E-state index contributed by atoms with van der Waals surface area (Å²) in [6.45, 7) is 12.0. The van der Waals surface area contributed by atoms with Gasteiger partial charge in [-0.05, 0) is 72.6 Å². The number of ether oxygens (including phenoxy) is 3. The Balaban J connectivity index is 1.85. The third-order valence-corrected chi connectivity index (χ3v) is 6.85. The molecule has 3 aliphatic rings. The van der Waals surface area contributed by atoms with Crippen molar-refractivity contribution in [3.63, 3.8) is 0 Å². The number of nitrogens with one attached hydrogen (secondary N) is 1. The second-order valence-electron chi connectivity index (χ2n) is 10.8. The molecule has 9 heteroatoms. The molecule has 0 bridgehead atoms.